The first kappa shape index (κ1) is 22.4. The summed E-state index contributed by atoms with van der Waals surface area (Å²) in [6.45, 7) is 0. The Morgan fingerprint density at radius 3 is 1.25 bits per heavy atom. The van der Waals surface area contributed by atoms with Crippen molar-refractivity contribution in [3.05, 3.63) is 4.91 Å². The molecule has 0 saturated carbocycles. The number of rotatable bonds is 0. The van der Waals surface area contributed by atoms with E-state index in [-0.39, 0.29) is 36.8 Å². The molecule has 0 amide bonds. The largest absolute Gasteiger partial charge is 0.120 e. The van der Waals surface area contributed by atoms with Gasteiger partial charge in [-0.05, 0) is 0 Å². The van der Waals surface area contributed by atoms with E-state index in [1.807, 2.05) is 0 Å². The maximum absolute atomic E-state index is 7.25. The number of nitrogens with zero attached hydrogens (tertiary/aromatic N) is 1. The molecule has 0 aliphatic carbocycles. The molecular formula is HfNOSi. The second-order valence-corrected chi connectivity index (χ2v) is 0. The zero-order valence-corrected chi connectivity index (χ0v) is 6.45. The SMILES string of the molecule is [Hf].[N]=O.[Si]. The maximum atomic E-state index is 7.25. The molecule has 4 heteroatoms. The van der Waals surface area contributed by atoms with Crippen LogP contribution in [0, 0.1) is 4.91 Å². The summed E-state index contributed by atoms with van der Waals surface area (Å²) >= 11 is 0. The summed E-state index contributed by atoms with van der Waals surface area (Å²) in [6.07, 6.45) is 0. The third-order valence-corrected chi connectivity index (χ3v) is 0. The molecule has 0 atom stereocenters. The van der Waals surface area contributed by atoms with E-state index in [4.69, 9.17) is 10.5 Å². The molecule has 4 heavy (non-hydrogen) atoms. The van der Waals surface area contributed by atoms with E-state index < -0.39 is 0 Å². The topological polar surface area (TPSA) is 39.4 Å². The average Bonchev–Trinajstić information content (AvgIpc) is 1.00. The normalized spacial score (nSPS) is 1.00. The van der Waals surface area contributed by atoms with Crippen molar-refractivity contribution in [2.75, 3.05) is 0 Å². The van der Waals surface area contributed by atoms with Gasteiger partial charge in [0.15, 0.2) is 0 Å². The summed E-state index contributed by atoms with van der Waals surface area (Å²) in [5, 5.41) is 0. The van der Waals surface area contributed by atoms with Crippen LogP contribution in [0.5, 0.6) is 0 Å². The fourth-order valence-corrected chi connectivity index (χ4v) is 0. The van der Waals surface area contributed by atoms with Crippen molar-refractivity contribution in [3.63, 3.8) is 0 Å². The van der Waals surface area contributed by atoms with Gasteiger partial charge in [0.05, 0.1) is 0 Å². The Bertz CT molecular complexity index is 8.00. The molecule has 0 aromatic rings. The van der Waals surface area contributed by atoms with Crippen molar-refractivity contribution in [3.8, 4) is 0 Å². The van der Waals surface area contributed by atoms with Crippen LogP contribution in [0.25, 0.3) is 0 Å². The average molecular weight is 237 g/mol. The van der Waals surface area contributed by atoms with E-state index in [0.29, 0.717) is 0 Å². The predicted molar refractivity (Wildman–Crippen MR) is 11.3 cm³/mol. The standard InChI is InChI=1S/Hf.NO.Si/c;1-2;. The van der Waals surface area contributed by atoms with Gasteiger partial charge in [-0.3, -0.25) is 0 Å². The van der Waals surface area contributed by atoms with Crippen molar-refractivity contribution in [2.45, 2.75) is 0 Å². The van der Waals surface area contributed by atoms with Gasteiger partial charge in [0.25, 0.3) is 0 Å². The molecule has 0 rings (SSSR count). The number of hydrogen-bond acceptors (Lipinski definition) is 1. The Balaban J connectivity index is -0.00000000500. The molecular weight excluding hydrogens is 237 g/mol. The zero-order valence-electron chi connectivity index (χ0n) is 1.86. The van der Waals surface area contributed by atoms with Gasteiger partial charge in [-0.2, -0.15) is 0 Å². The molecule has 0 N–H and O–H groups in total. The van der Waals surface area contributed by atoms with Crippen molar-refractivity contribution in [1.29, 1.82) is 0 Å². The molecule has 0 fully saturated rings. The van der Waals surface area contributed by atoms with Crippen LogP contribution < -0.4 is 5.59 Å². The minimum absolute atomic E-state index is 0. The Morgan fingerprint density at radius 2 is 1.25 bits per heavy atom. The molecule has 0 aliphatic rings. The quantitative estimate of drug-likeness (QED) is 0.506. The number of nitroso groups, excluding NO2 is 1. The van der Waals surface area contributed by atoms with E-state index in [1.165, 1.54) is 0 Å². The summed E-state index contributed by atoms with van der Waals surface area (Å²) < 4.78 is 0. The van der Waals surface area contributed by atoms with Gasteiger partial charge in [0.1, 0.15) is 5.59 Å². The van der Waals surface area contributed by atoms with Crippen LogP contribution in [0.15, 0.2) is 0 Å². The fraction of sp³-hybridized carbons (Fsp3) is 0. The molecule has 0 heterocycles. The number of hydrogen-bond donors (Lipinski definition) is 0. The molecule has 19 valence electrons. The minimum atomic E-state index is 0. The monoisotopic (exact) mass is 238 g/mol. The second-order valence-electron chi connectivity index (χ2n) is 0. The maximum Gasteiger partial charge on any atom is 0.120 e. The summed E-state index contributed by atoms with van der Waals surface area (Å²) in [7, 11) is 0. The third-order valence-electron chi connectivity index (χ3n) is 0. The van der Waals surface area contributed by atoms with E-state index in [2.05, 4.69) is 0 Å². The van der Waals surface area contributed by atoms with E-state index in [0.717, 1.165) is 0 Å². The van der Waals surface area contributed by atoms with Crippen LogP contribution in [0.1, 0.15) is 0 Å². The molecule has 0 saturated heterocycles. The Kier molecular flexibility index (Phi) is 316. The first-order valence-corrected chi connectivity index (χ1v) is 0.183. The summed E-state index contributed by atoms with van der Waals surface area (Å²) in [5.74, 6) is 0. The van der Waals surface area contributed by atoms with E-state index in [9.17, 15) is 0 Å². The zero-order chi connectivity index (χ0) is 2.00. The van der Waals surface area contributed by atoms with Gasteiger partial charge < -0.3 is 0 Å². The molecule has 0 bridgehead atoms. The Labute approximate surface area is 47.5 Å². The third kappa shape index (κ3) is 16.2. The summed E-state index contributed by atoms with van der Waals surface area (Å²) in [4.78, 5) is 7.25. The van der Waals surface area contributed by atoms with Gasteiger partial charge in [0, 0.05) is 36.8 Å². The molecule has 0 aliphatic heterocycles. The molecule has 0 aromatic heterocycles. The predicted octanol–water partition coefficient (Wildman–Crippen LogP) is -0.830. The van der Waals surface area contributed by atoms with Crippen LogP contribution in [0.4, 0.5) is 0 Å². The molecule has 0 aromatic carbocycles. The van der Waals surface area contributed by atoms with Crippen LogP contribution in [-0.2, 0) is 25.8 Å². The van der Waals surface area contributed by atoms with E-state index >= 15 is 0 Å². The van der Waals surface area contributed by atoms with Gasteiger partial charge in [0.2, 0.25) is 0 Å². The summed E-state index contributed by atoms with van der Waals surface area (Å²) in [6, 6.07) is 0. The van der Waals surface area contributed by atoms with E-state index in [1.54, 1.807) is 0 Å². The van der Waals surface area contributed by atoms with Crippen molar-refractivity contribution < 1.29 is 25.8 Å². The Morgan fingerprint density at radius 1 is 1.25 bits per heavy atom. The molecule has 2 nitrogen and oxygen atoms in total. The van der Waals surface area contributed by atoms with Gasteiger partial charge in [-0.1, -0.05) is 0 Å². The van der Waals surface area contributed by atoms with Crippen LogP contribution in [0.2, 0.25) is 0 Å². The van der Waals surface area contributed by atoms with Crippen molar-refractivity contribution in [2.24, 2.45) is 0 Å². The van der Waals surface area contributed by atoms with Gasteiger partial charge in [-0.15, -0.1) is 4.91 Å². The first-order chi connectivity index (χ1) is 1.00. The first-order valence-electron chi connectivity index (χ1n) is 0.183. The fourth-order valence-electron chi connectivity index (χ4n) is 0. The second kappa shape index (κ2) is 56.4. The molecule has 0 unspecified atom stereocenters. The molecule has 0 spiro atoms. The smallest absolute Gasteiger partial charge is 0.120 e. The van der Waals surface area contributed by atoms with Gasteiger partial charge in [-0.25, -0.2) is 0 Å². The minimum Gasteiger partial charge on any atom is -0.120 e. The Hall–Kier alpha value is 0.687. The van der Waals surface area contributed by atoms with Crippen molar-refractivity contribution in [1.82, 2.24) is 5.59 Å². The van der Waals surface area contributed by atoms with Crippen molar-refractivity contribution >= 4 is 11.0 Å². The summed E-state index contributed by atoms with van der Waals surface area (Å²) in [5.41, 5.74) is 5.75. The van der Waals surface area contributed by atoms with Gasteiger partial charge >= 0.3 is 0 Å². The molecule has 5 radical (unpaired) electrons. The van der Waals surface area contributed by atoms with Crippen LogP contribution >= 0.6 is 0 Å². The van der Waals surface area contributed by atoms with Crippen LogP contribution in [-0.4, -0.2) is 11.0 Å². The van der Waals surface area contributed by atoms with Crippen LogP contribution in [0.3, 0.4) is 0 Å².